The molecule has 5 heteroatoms. The highest BCUT2D eigenvalue weighted by Crippen LogP contribution is 2.39. The molecule has 1 fully saturated rings. The molecule has 0 radical (unpaired) electrons. The molecule has 1 saturated heterocycles. The van der Waals surface area contributed by atoms with E-state index in [9.17, 15) is 0 Å². The van der Waals surface area contributed by atoms with E-state index >= 15 is 0 Å². The third kappa shape index (κ3) is 3.18. The number of likely N-dealkylation sites (N-methyl/N-ethyl adjacent to an activating group) is 1. The Bertz CT molecular complexity index is 867. The number of hydrogen-bond acceptors (Lipinski definition) is 4. The summed E-state index contributed by atoms with van der Waals surface area (Å²) in [5, 5.41) is 7.32. The number of H-pyrrole nitrogens is 1. The molecule has 2 heterocycles. The van der Waals surface area contributed by atoms with Crippen LogP contribution in [0, 0.1) is 0 Å². The zero-order valence-corrected chi connectivity index (χ0v) is 15.3. The largest absolute Gasteiger partial charge is 0.496 e. The minimum absolute atomic E-state index is 0.875. The quantitative estimate of drug-likeness (QED) is 0.784. The first-order valence-electron chi connectivity index (χ1n) is 8.97. The number of aromatic amines is 1. The lowest BCUT2D eigenvalue weighted by Gasteiger charge is -2.34. The minimum atomic E-state index is 0.875. The van der Waals surface area contributed by atoms with Gasteiger partial charge in [0.2, 0.25) is 0 Å². The van der Waals surface area contributed by atoms with Gasteiger partial charge in [0.1, 0.15) is 5.75 Å². The molecule has 2 aromatic carbocycles. The molecule has 0 atom stereocenters. The fourth-order valence-corrected chi connectivity index (χ4v) is 3.52. The first-order chi connectivity index (χ1) is 12.8. The van der Waals surface area contributed by atoms with Gasteiger partial charge in [0.05, 0.1) is 12.8 Å². The van der Waals surface area contributed by atoms with E-state index in [4.69, 9.17) is 4.74 Å². The maximum absolute atomic E-state index is 5.62. The van der Waals surface area contributed by atoms with Gasteiger partial charge in [-0.25, -0.2) is 0 Å². The summed E-state index contributed by atoms with van der Waals surface area (Å²) in [6.45, 7) is 4.27. The van der Waals surface area contributed by atoms with Gasteiger partial charge in [0.25, 0.3) is 0 Å². The zero-order valence-electron chi connectivity index (χ0n) is 15.3. The lowest BCUT2D eigenvalue weighted by atomic mass is 9.96. The number of benzene rings is 2. The van der Waals surface area contributed by atoms with Gasteiger partial charge < -0.3 is 14.5 Å². The first-order valence-corrected chi connectivity index (χ1v) is 8.97. The van der Waals surface area contributed by atoms with Crippen molar-refractivity contribution in [3.8, 4) is 28.1 Å². The standard InChI is InChI=1S/C21H24N4O/c1-24-11-13-25(14-12-24)16-7-8-17(20-9-10-22-23-20)19(15-16)18-5-3-4-6-21(18)26-2/h3-10,15H,11-14H2,1-2H3,(H,22,23). The van der Waals surface area contributed by atoms with E-state index in [0.29, 0.717) is 0 Å². The summed E-state index contributed by atoms with van der Waals surface area (Å²) in [5.41, 5.74) is 5.53. The van der Waals surface area contributed by atoms with E-state index in [1.54, 1.807) is 7.11 Å². The summed E-state index contributed by atoms with van der Waals surface area (Å²) < 4.78 is 5.62. The number of hydrogen-bond donors (Lipinski definition) is 1. The van der Waals surface area contributed by atoms with E-state index < -0.39 is 0 Å². The number of anilines is 1. The summed E-state index contributed by atoms with van der Waals surface area (Å²) >= 11 is 0. The molecule has 1 aromatic heterocycles. The second-order valence-corrected chi connectivity index (χ2v) is 6.68. The molecule has 1 N–H and O–H groups in total. The van der Waals surface area contributed by atoms with Crippen LogP contribution in [0.2, 0.25) is 0 Å². The smallest absolute Gasteiger partial charge is 0.126 e. The van der Waals surface area contributed by atoms with Crippen LogP contribution in [0.1, 0.15) is 0 Å². The van der Waals surface area contributed by atoms with Crippen LogP contribution in [0.25, 0.3) is 22.4 Å². The van der Waals surface area contributed by atoms with E-state index in [-0.39, 0.29) is 0 Å². The third-order valence-electron chi connectivity index (χ3n) is 5.05. The van der Waals surface area contributed by atoms with E-state index in [0.717, 1.165) is 54.3 Å². The molecule has 0 saturated carbocycles. The summed E-state index contributed by atoms with van der Waals surface area (Å²) in [4.78, 5) is 4.82. The van der Waals surface area contributed by atoms with Gasteiger partial charge in [-0.2, -0.15) is 5.10 Å². The molecule has 0 amide bonds. The van der Waals surface area contributed by atoms with Crippen LogP contribution in [0.15, 0.2) is 54.7 Å². The molecular weight excluding hydrogens is 324 g/mol. The molecule has 0 unspecified atom stereocenters. The van der Waals surface area contributed by atoms with Crippen molar-refractivity contribution in [2.45, 2.75) is 0 Å². The average Bonchev–Trinajstić information content (AvgIpc) is 3.23. The highest BCUT2D eigenvalue weighted by molar-refractivity contribution is 5.87. The number of ether oxygens (including phenoxy) is 1. The highest BCUT2D eigenvalue weighted by Gasteiger charge is 2.18. The van der Waals surface area contributed by atoms with Crippen LogP contribution >= 0.6 is 0 Å². The van der Waals surface area contributed by atoms with Crippen molar-refractivity contribution in [2.24, 2.45) is 0 Å². The molecule has 3 aromatic rings. The van der Waals surface area contributed by atoms with Gasteiger partial charge in [-0.05, 0) is 36.9 Å². The molecule has 0 bridgehead atoms. The van der Waals surface area contributed by atoms with E-state index in [1.807, 2.05) is 24.4 Å². The van der Waals surface area contributed by atoms with Crippen LogP contribution in [0.5, 0.6) is 5.75 Å². The van der Waals surface area contributed by atoms with Crippen LogP contribution in [-0.2, 0) is 0 Å². The minimum Gasteiger partial charge on any atom is -0.496 e. The Balaban J connectivity index is 1.81. The number of nitrogens with zero attached hydrogens (tertiary/aromatic N) is 3. The summed E-state index contributed by atoms with van der Waals surface area (Å²) in [6, 6.07) is 16.8. The van der Waals surface area contributed by atoms with Crippen LogP contribution < -0.4 is 9.64 Å². The number of nitrogens with one attached hydrogen (secondary N) is 1. The van der Waals surface area contributed by atoms with Gasteiger partial charge in [-0.15, -0.1) is 0 Å². The summed E-state index contributed by atoms with van der Waals surface area (Å²) in [5.74, 6) is 0.875. The Morgan fingerprint density at radius 3 is 2.46 bits per heavy atom. The summed E-state index contributed by atoms with van der Waals surface area (Å²) in [6.07, 6.45) is 1.86. The number of para-hydroxylation sites is 1. The fourth-order valence-electron chi connectivity index (χ4n) is 3.52. The van der Waals surface area contributed by atoms with Crippen LogP contribution in [-0.4, -0.2) is 55.4 Å². The molecule has 134 valence electrons. The van der Waals surface area contributed by atoms with Gasteiger partial charge in [0, 0.05) is 49.2 Å². The Morgan fingerprint density at radius 2 is 1.73 bits per heavy atom. The molecule has 0 aliphatic carbocycles. The van der Waals surface area contributed by atoms with Crippen LogP contribution in [0.4, 0.5) is 5.69 Å². The number of rotatable bonds is 4. The van der Waals surface area contributed by atoms with Crippen LogP contribution in [0.3, 0.4) is 0 Å². The predicted molar refractivity (Wildman–Crippen MR) is 106 cm³/mol. The Labute approximate surface area is 154 Å². The average molecular weight is 348 g/mol. The van der Waals surface area contributed by atoms with Gasteiger partial charge in [-0.1, -0.05) is 24.3 Å². The number of aromatic nitrogens is 2. The molecule has 26 heavy (non-hydrogen) atoms. The number of methoxy groups -OCH3 is 1. The molecule has 5 nitrogen and oxygen atoms in total. The van der Waals surface area contributed by atoms with Crippen molar-refractivity contribution >= 4 is 5.69 Å². The number of piperazine rings is 1. The first kappa shape index (κ1) is 16.7. The summed E-state index contributed by atoms with van der Waals surface area (Å²) in [7, 11) is 3.90. The third-order valence-corrected chi connectivity index (χ3v) is 5.05. The van der Waals surface area contributed by atoms with Gasteiger partial charge >= 0.3 is 0 Å². The second-order valence-electron chi connectivity index (χ2n) is 6.68. The maximum Gasteiger partial charge on any atom is 0.126 e. The Morgan fingerprint density at radius 1 is 0.923 bits per heavy atom. The normalized spacial score (nSPS) is 15.2. The SMILES string of the molecule is COc1ccccc1-c1cc(N2CCN(C)CC2)ccc1-c1cc[nH]n1. The van der Waals surface area contributed by atoms with Crippen molar-refractivity contribution in [1.29, 1.82) is 0 Å². The monoisotopic (exact) mass is 348 g/mol. The Hall–Kier alpha value is -2.79. The highest BCUT2D eigenvalue weighted by atomic mass is 16.5. The van der Waals surface area contributed by atoms with Crippen molar-refractivity contribution in [2.75, 3.05) is 45.2 Å². The fraction of sp³-hybridized carbons (Fsp3) is 0.286. The molecule has 0 spiro atoms. The predicted octanol–water partition coefficient (Wildman–Crippen LogP) is 3.50. The van der Waals surface area contributed by atoms with Crippen molar-refractivity contribution in [3.05, 3.63) is 54.7 Å². The molecule has 1 aliphatic heterocycles. The topological polar surface area (TPSA) is 44.4 Å². The zero-order chi connectivity index (χ0) is 17.9. The van der Waals surface area contributed by atoms with Crippen molar-refractivity contribution in [3.63, 3.8) is 0 Å². The van der Waals surface area contributed by atoms with E-state index in [2.05, 4.69) is 57.4 Å². The van der Waals surface area contributed by atoms with Crippen molar-refractivity contribution < 1.29 is 4.74 Å². The van der Waals surface area contributed by atoms with Gasteiger partial charge in [0.15, 0.2) is 0 Å². The van der Waals surface area contributed by atoms with Gasteiger partial charge in [-0.3, -0.25) is 5.10 Å². The lowest BCUT2D eigenvalue weighted by molar-refractivity contribution is 0.313. The molecule has 4 rings (SSSR count). The Kier molecular flexibility index (Phi) is 4.63. The molecular formula is C21H24N4O. The maximum atomic E-state index is 5.62. The van der Waals surface area contributed by atoms with E-state index in [1.165, 1.54) is 5.69 Å². The second kappa shape index (κ2) is 7.22. The lowest BCUT2D eigenvalue weighted by Crippen LogP contribution is -2.44. The van der Waals surface area contributed by atoms with Crippen molar-refractivity contribution in [1.82, 2.24) is 15.1 Å². The molecule has 1 aliphatic rings.